The molecule has 3 aromatic rings. The van der Waals surface area contributed by atoms with E-state index >= 15 is 4.39 Å². The second-order valence-electron chi connectivity index (χ2n) is 11.0. The number of carbonyl (C=O) groups excluding carboxylic acids is 1. The van der Waals surface area contributed by atoms with Gasteiger partial charge in [-0.15, -0.1) is 0 Å². The Morgan fingerprint density at radius 3 is 2.66 bits per heavy atom. The minimum atomic E-state index is -0.368. The van der Waals surface area contributed by atoms with E-state index in [1.54, 1.807) is 6.07 Å². The van der Waals surface area contributed by atoms with Crippen LogP contribution in [0.15, 0.2) is 43.0 Å². The molecule has 0 N–H and O–H groups in total. The molecule has 4 heterocycles. The van der Waals surface area contributed by atoms with Crippen LogP contribution in [0.5, 0.6) is 11.8 Å². The topological polar surface area (TPSA) is 74.3 Å². The van der Waals surface area contributed by atoms with Crippen molar-refractivity contribution in [1.82, 2.24) is 19.8 Å². The van der Waals surface area contributed by atoms with E-state index in [1.807, 2.05) is 29.2 Å². The van der Waals surface area contributed by atoms with E-state index in [4.69, 9.17) is 19.4 Å². The van der Waals surface area contributed by atoms with Crippen molar-refractivity contribution in [3.8, 4) is 11.8 Å². The zero-order valence-corrected chi connectivity index (χ0v) is 23.8. The molecule has 6 rings (SSSR count). The van der Waals surface area contributed by atoms with Crippen molar-refractivity contribution in [2.75, 3.05) is 69.8 Å². The molecule has 1 atom stereocenters. The first-order valence-electron chi connectivity index (χ1n) is 14.4. The monoisotopic (exact) mass is 560 g/mol. The summed E-state index contributed by atoms with van der Waals surface area (Å²) in [5, 5.41) is 1.76. The van der Waals surface area contributed by atoms with Crippen LogP contribution in [-0.4, -0.2) is 91.7 Å². The molecule has 0 aliphatic carbocycles. The average Bonchev–Trinajstić information content (AvgIpc) is 3.43. The lowest BCUT2D eigenvalue weighted by atomic mass is 10.0. The van der Waals surface area contributed by atoms with E-state index in [-0.39, 0.29) is 17.5 Å². The molecule has 1 amide bonds. The molecule has 0 bridgehead atoms. The number of aromatic nitrogens is 2. The summed E-state index contributed by atoms with van der Waals surface area (Å²) in [6.07, 6.45) is 4.27. The van der Waals surface area contributed by atoms with Gasteiger partial charge in [0.15, 0.2) is 11.6 Å². The molecular weight excluding hydrogens is 523 g/mol. The maximum absolute atomic E-state index is 15.8. The van der Waals surface area contributed by atoms with Crippen LogP contribution in [0.25, 0.3) is 10.8 Å². The van der Waals surface area contributed by atoms with Crippen LogP contribution in [0, 0.1) is 5.82 Å². The summed E-state index contributed by atoms with van der Waals surface area (Å²) in [6, 6.07) is 10.2. The molecule has 0 saturated carbocycles. The summed E-state index contributed by atoms with van der Waals surface area (Å²) >= 11 is 0. The van der Waals surface area contributed by atoms with E-state index in [9.17, 15) is 4.79 Å². The van der Waals surface area contributed by atoms with E-state index in [0.29, 0.717) is 70.0 Å². The van der Waals surface area contributed by atoms with Gasteiger partial charge >= 0.3 is 6.01 Å². The molecular formula is C31H37FN6O3. The van der Waals surface area contributed by atoms with Crippen molar-refractivity contribution in [2.45, 2.75) is 31.8 Å². The predicted octanol–water partition coefficient (Wildman–Crippen LogP) is 3.65. The fourth-order valence-electron chi connectivity index (χ4n) is 6.27. The Hall–Kier alpha value is -3.92. The number of rotatable bonds is 7. The zero-order chi connectivity index (χ0) is 28.5. The highest BCUT2D eigenvalue weighted by atomic mass is 19.1. The highest BCUT2D eigenvalue weighted by molar-refractivity contribution is 5.96. The summed E-state index contributed by atoms with van der Waals surface area (Å²) in [6.45, 7) is 8.76. The number of amides is 1. The van der Waals surface area contributed by atoms with Crippen LogP contribution < -0.4 is 19.3 Å². The van der Waals surface area contributed by atoms with Gasteiger partial charge in [0.25, 0.3) is 0 Å². The first kappa shape index (κ1) is 27.3. The second kappa shape index (κ2) is 11.5. The summed E-state index contributed by atoms with van der Waals surface area (Å²) in [5.41, 5.74) is 2.42. The Morgan fingerprint density at radius 1 is 1.12 bits per heavy atom. The van der Waals surface area contributed by atoms with Crippen molar-refractivity contribution in [3.05, 3.63) is 60.1 Å². The molecule has 0 spiro atoms. The summed E-state index contributed by atoms with van der Waals surface area (Å²) in [5.74, 6) is 0.658. The fraction of sp³-hybridized carbons (Fsp3) is 0.452. The number of benzene rings is 2. The molecule has 9 nitrogen and oxygen atoms in total. The van der Waals surface area contributed by atoms with Crippen molar-refractivity contribution in [2.24, 2.45) is 0 Å². The van der Waals surface area contributed by atoms with Crippen LogP contribution >= 0.6 is 0 Å². The van der Waals surface area contributed by atoms with Crippen LogP contribution in [-0.2, 0) is 17.8 Å². The highest BCUT2D eigenvalue weighted by Crippen LogP contribution is 2.39. The maximum Gasteiger partial charge on any atom is 0.318 e. The molecule has 1 aromatic heterocycles. The lowest BCUT2D eigenvalue weighted by Gasteiger charge is -2.38. The smallest absolute Gasteiger partial charge is 0.318 e. The van der Waals surface area contributed by atoms with Crippen molar-refractivity contribution < 1.29 is 18.7 Å². The Morgan fingerprint density at radius 2 is 1.93 bits per heavy atom. The number of piperazine rings is 1. The number of halogens is 1. The number of likely N-dealkylation sites (tertiary alicyclic amines) is 1. The third-order valence-electron chi connectivity index (χ3n) is 8.63. The van der Waals surface area contributed by atoms with Gasteiger partial charge < -0.3 is 29.1 Å². The number of anilines is 2. The first-order valence-corrected chi connectivity index (χ1v) is 14.4. The Labute approximate surface area is 240 Å². The van der Waals surface area contributed by atoms with Gasteiger partial charge in [0, 0.05) is 49.7 Å². The van der Waals surface area contributed by atoms with Crippen LogP contribution in [0.3, 0.4) is 0 Å². The number of hydrogen-bond donors (Lipinski definition) is 0. The second-order valence-corrected chi connectivity index (χ2v) is 11.0. The first-order chi connectivity index (χ1) is 20.0. The van der Waals surface area contributed by atoms with Gasteiger partial charge in [0.1, 0.15) is 12.4 Å². The lowest BCUT2D eigenvalue weighted by molar-refractivity contribution is -0.126. The van der Waals surface area contributed by atoms with Gasteiger partial charge in [-0.25, -0.2) is 4.39 Å². The third-order valence-corrected chi connectivity index (χ3v) is 8.63. The maximum atomic E-state index is 15.8. The minimum Gasteiger partial charge on any atom is -0.494 e. The number of nitrogens with zero attached hydrogens (tertiary/aromatic N) is 6. The van der Waals surface area contributed by atoms with Gasteiger partial charge in [0.2, 0.25) is 5.91 Å². The van der Waals surface area contributed by atoms with Crippen molar-refractivity contribution in [1.29, 1.82) is 0 Å². The quantitative estimate of drug-likeness (QED) is 0.406. The number of likely N-dealkylation sites (N-methyl/N-ethyl adjacent to an activating group) is 1. The molecule has 10 heteroatoms. The van der Waals surface area contributed by atoms with E-state index in [0.717, 1.165) is 47.2 Å². The average molecular weight is 561 g/mol. The molecule has 3 aliphatic heterocycles. The standard InChI is InChI=1S/C31H37FN6O3/c1-4-27(39)36-14-16-37(17-15-36)30-24-11-13-38(29-23-10-6-5-8-21(23)18-26(40-3)28(29)32)19-25(24)33-31(34-30)41-20-22-9-7-12-35(22)2/h4-6,8,10,18,22H,1,7,9,11-17,19-20H2,2-3H3/t22-/m0/s1. The molecule has 2 saturated heterocycles. The van der Waals surface area contributed by atoms with Crippen LogP contribution in [0.4, 0.5) is 15.9 Å². The summed E-state index contributed by atoms with van der Waals surface area (Å²) < 4.78 is 27.4. The largest absolute Gasteiger partial charge is 0.494 e. The normalized spacial score (nSPS) is 19.4. The Balaban J connectivity index is 1.34. The van der Waals surface area contributed by atoms with Gasteiger partial charge in [-0.2, -0.15) is 9.97 Å². The number of methoxy groups -OCH3 is 1. The van der Waals surface area contributed by atoms with Gasteiger partial charge in [-0.05, 0) is 50.4 Å². The van der Waals surface area contributed by atoms with E-state index in [1.165, 1.54) is 13.2 Å². The molecule has 216 valence electrons. The van der Waals surface area contributed by atoms with Gasteiger partial charge in [-0.3, -0.25) is 4.79 Å². The molecule has 3 aliphatic rings. The van der Waals surface area contributed by atoms with E-state index < -0.39 is 0 Å². The number of fused-ring (bicyclic) bond motifs is 2. The highest BCUT2D eigenvalue weighted by Gasteiger charge is 2.31. The predicted molar refractivity (Wildman–Crippen MR) is 157 cm³/mol. The molecule has 41 heavy (non-hydrogen) atoms. The Bertz CT molecular complexity index is 1460. The van der Waals surface area contributed by atoms with Crippen molar-refractivity contribution in [3.63, 3.8) is 0 Å². The number of hydrogen-bond acceptors (Lipinski definition) is 8. The summed E-state index contributed by atoms with van der Waals surface area (Å²) in [4.78, 5) is 30.4. The van der Waals surface area contributed by atoms with Crippen LogP contribution in [0.2, 0.25) is 0 Å². The molecule has 0 unspecified atom stereocenters. The number of carbonyl (C=O) groups is 1. The van der Waals surface area contributed by atoms with Gasteiger partial charge in [-0.1, -0.05) is 30.8 Å². The Kier molecular flexibility index (Phi) is 7.66. The summed E-state index contributed by atoms with van der Waals surface area (Å²) in [7, 11) is 3.62. The van der Waals surface area contributed by atoms with E-state index in [2.05, 4.69) is 28.3 Å². The minimum absolute atomic E-state index is 0.0535. The molecule has 2 fully saturated rings. The molecule has 0 radical (unpaired) electrons. The SMILES string of the molecule is C=CC(=O)N1CCN(c2nc(OC[C@@H]3CCCN3C)nc3c2CCN(c2c(F)c(OC)cc4ccccc24)C3)CC1. The lowest BCUT2D eigenvalue weighted by Crippen LogP contribution is -2.49. The number of ether oxygens (including phenoxy) is 2. The zero-order valence-electron chi connectivity index (χ0n) is 23.8. The van der Waals surface area contributed by atoms with Gasteiger partial charge in [0.05, 0.1) is 25.0 Å². The third kappa shape index (κ3) is 5.28. The fourth-order valence-corrected chi connectivity index (χ4v) is 6.27. The van der Waals surface area contributed by atoms with Crippen LogP contribution in [0.1, 0.15) is 24.1 Å². The van der Waals surface area contributed by atoms with Crippen molar-refractivity contribution >= 4 is 28.2 Å². The molecule has 2 aromatic carbocycles.